The molecular weight excluding hydrogens is 830 g/mol. The first-order valence-electron chi connectivity index (χ1n) is 18.6. The standard InChI is InChI=1S/C32H53NO27/c1-6(36)33-11-15(40)24(58-31-21(46)17(42)12(37)7(2-34)55-31)8(3-35)56-29(11)52-5-10-14(39)18(43)22(47)32(57-10)59-25-19(44)23(48)30(60-26(25)27(49)50)53-4-9-13(38)16(41)20(45)28(51)54-9/h7-26,28-32,34-35,37-48,51H,2-5H2,1H3,(H,33,36)(H,49,50)/t7-,8-,9-,10-,11-,12+,13+,14+,15-,16+,17+,18+,19-,20-,21-,22-,23-,24-,25+,26+,28-,29-,30-,31+,32-/m1/s1. The number of aliphatic hydroxyl groups excluding tert-OH is 15. The second kappa shape index (κ2) is 20.7. The fourth-order valence-corrected chi connectivity index (χ4v) is 7.20. The summed E-state index contributed by atoms with van der Waals surface area (Å²) in [6, 6.07) is -1.58. The number of aliphatic hydroxyl groups is 15. The fraction of sp³-hybridized carbons (Fsp3) is 0.938. The monoisotopic (exact) mass is 883 g/mol. The van der Waals surface area contributed by atoms with Crippen molar-refractivity contribution in [3.63, 3.8) is 0 Å². The van der Waals surface area contributed by atoms with Crippen LogP contribution in [-0.4, -0.2) is 273 Å². The lowest BCUT2D eigenvalue weighted by Gasteiger charge is -2.48. The number of carbonyl (C=O) groups is 2. The van der Waals surface area contributed by atoms with Crippen LogP contribution in [0, 0.1) is 0 Å². The summed E-state index contributed by atoms with van der Waals surface area (Å²) in [5.74, 6) is -2.59. The Hall–Kier alpha value is -2.02. The molecule has 0 aromatic carbocycles. The average molecular weight is 884 g/mol. The second-order valence-electron chi connectivity index (χ2n) is 14.8. The van der Waals surface area contributed by atoms with Crippen molar-refractivity contribution in [3.05, 3.63) is 0 Å². The third kappa shape index (κ3) is 10.3. The zero-order valence-corrected chi connectivity index (χ0v) is 31.4. The minimum absolute atomic E-state index is 0.764. The summed E-state index contributed by atoms with van der Waals surface area (Å²) >= 11 is 0. The number of hydrogen-bond donors (Lipinski definition) is 17. The van der Waals surface area contributed by atoms with Crippen LogP contribution in [0.1, 0.15) is 6.92 Å². The molecule has 25 atom stereocenters. The third-order valence-electron chi connectivity index (χ3n) is 10.6. The largest absolute Gasteiger partial charge is 0.479 e. The Labute approximate surface area is 338 Å². The molecule has 0 radical (unpaired) electrons. The first kappa shape index (κ1) is 49.0. The Bertz CT molecular complexity index is 1400. The minimum Gasteiger partial charge on any atom is -0.479 e. The molecule has 0 unspecified atom stereocenters. The van der Waals surface area contributed by atoms with Gasteiger partial charge >= 0.3 is 5.97 Å². The van der Waals surface area contributed by atoms with E-state index in [1.54, 1.807) is 0 Å². The van der Waals surface area contributed by atoms with Gasteiger partial charge in [-0.2, -0.15) is 0 Å². The van der Waals surface area contributed by atoms with Gasteiger partial charge < -0.3 is 130 Å². The van der Waals surface area contributed by atoms with Gasteiger partial charge in [-0.25, -0.2) is 4.79 Å². The van der Waals surface area contributed by atoms with Gasteiger partial charge in [0.2, 0.25) is 5.91 Å². The minimum atomic E-state index is -2.22. The van der Waals surface area contributed by atoms with Gasteiger partial charge in [0.25, 0.3) is 0 Å². The van der Waals surface area contributed by atoms with Crippen molar-refractivity contribution in [3.8, 4) is 0 Å². The number of ether oxygens (including phenoxy) is 9. The van der Waals surface area contributed by atoms with Crippen LogP contribution in [0.5, 0.6) is 0 Å². The maximum absolute atomic E-state index is 12.2. The molecule has 0 bridgehead atoms. The smallest absolute Gasteiger partial charge is 0.335 e. The van der Waals surface area contributed by atoms with Gasteiger partial charge in [0.1, 0.15) is 116 Å². The van der Waals surface area contributed by atoms with Gasteiger partial charge in [-0.3, -0.25) is 4.79 Å². The van der Waals surface area contributed by atoms with E-state index in [0.717, 1.165) is 6.92 Å². The maximum Gasteiger partial charge on any atom is 0.335 e. The SMILES string of the molecule is CC(=O)N[C@H]1[C@H](OC[C@H]2O[C@H](O[C@H]3[C@H](O)[C@@H](O)[C@H](OC[C@H]4O[C@@H](O)[C@H](O)[C@@H](O)[C@H]4O)O[C@@H]3C(=O)O)[C@H](O)[C@@H](O)[C@H]2O)O[C@H](CO)[C@@H](O[C@@H]2O[C@H](CO)[C@H](O)[C@H](O)[C@H]2O)[C@@H]1O. The van der Waals surface area contributed by atoms with Crippen LogP contribution in [0.3, 0.4) is 0 Å². The fourth-order valence-electron chi connectivity index (χ4n) is 7.20. The van der Waals surface area contributed by atoms with Gasteiger partial charge in [-0.05, 0) is 0 Å². The zero-order chi connectivity index (χ0) is 44.5. The van der Waals surface area contributed by atoms with Crippen LogP contribution in [0.15, 0.2) is 0 Å². The van der Waals surface area contributed by atoms with E-state index in [4.69, 9.17) is 42.6 Å². The Morgan fingerprint density at radius 1 is 0.483 bits per heavy atom. The molecule has 5 aliphatic rings. The molecule has 5 rings (SSSR count). The predicted molar refractivity (Wildman–Crippen MR) is 179 cm³/mol. The Balaban J connectivity index is 1.25. The topological polar surface area (TPSA) is 453 Å². The Morgan fingerprint density at radius 2 is 0.933 bits per heavy atom. The molecule has 0 spiro atoms. The van der Waals surface area contributed by atoms with Crippen molar-refractivity contribution in [2.75, 3.05) is 26.4 Å². The molecule has 60 heavy (non-hydrogen) atoms. The number of carbonyl (C=O) groups excluding carboxylic acids is 1. The van der Waals surface area contributed by atoms with Crippen molar-refractivity contribution in [2.45, 2.75) is 160 Å². The third-order valence-corrected chi connectivity index (χ3v) is 10.6. The van der Waals surface area contributed by atoms with Crippen LogP contribution >= 0.6 is 0 Å². The van der Waals surface area contributed by atoms with Gasteiger partial charge in [0.15, 0.2) is 37.6 Å². The molecule has 5 saturated heterocycles. The van der Waals surface area contributed by atoms with Crippen molar-refractivity contribution in [1.29, 1.82) is 0 Å². The highest BCUT2D eigenvalue weighted by Gasteiger charge is 2.55. The summed E-state index contributed by atoms with van der Waals surface area (Å²) in [6.45, 7) is -2.33. The van der Waals surface area contributed by atoms with E-state index < -0.39 is 192 Å². The highest BCUT2D eigenvalue weighted by molar-refractivity contribution is 5.73. The van der Waals surface area contributed by atoms with E-state index in [9.17, 15) is 91.3 Å². The van der Waals surface area contributed by atoms with Crippen LogP contribution in [-0.2, 0) is 52.2 Å². The molecule has 28 heteroatoms. The number of carboxylic acid groups (broad SMARTS) is 1. The lowest BCUT2D eigenvalue weighted by Crippen LogP contribution is -2.68. The molecule has 5 heterocycles. The number of hydrogen-bond acceptors (Lipinski definition) is 26. The van der Waals surface area contributed by atoms with E-state index in [0.29, 0.717) is 0 Å². The summed E-state index contributed by atoms with van der Waals surface area (Å²) in [5, 5.41) is 167. The van der Waals surface area contributed by atoms with E-state index >= 15 is 0 Å². The van der Waals surface area contributed by atoms with E-state index in [-0.39, 0.29) is 0 Å². The van der Waals surface area contributed by atoms with Crippen LogP contribution in [0.4, 0.5) is 0 Å². The highest BCUT2D eigenvalue weighted by Crippen LogP contribution is 2.33. The van der Waals surface area contributed by atoms with Crippen molar-refractivity contribution in [2.24, 2.45) is 0 Å². The number of carboxylic acids is 1. The number of aliphatic carboxylic acids is 1. The Morgan fingerprint density at radius 3 is 1.47 bits per heavy atom. The maximum atomic E-state index is 12.2. The molecule has 0 aliphatic carbocycles. The van der Waals surface area contributed by atoms with Gasteiger partial charge in [0, 0.05) is 6.92 Å². The molecule has 0 aromatic heterocycles. The van der Waals surface area contributed by atoms with Crippen molar-refractivity contribution in [1.82, 2.24) is 5.32 Å². The van der Waals surface area contributed by atoms with E-state index in [2.05, 4.69) is 5.32 Å². The zero-order valence-electron chi connectivity index (χ0n) is 31.4. The summed E-state index contributed by atoms with van der Waals surface area (Å²) in [5.41, 5.74) is 0. The predicted octanol–water partition coefficient (Wildman–Crippen LogP) is -11.7. The first-order chi connectivity index (χ1) is 28.2. The Kier molecular flexibility index (Phi) is 16.9. The normalized spacial score (nSPS) is 50.2. The number of rotatable bonds is 14. The van der Waals surface area contributed by atoms with Crippen molar-refractivity contribution < 1.29 is 134 Å². The quantitative estimate of drug-likeness (QED) is 0.0770. The lowest BCUT2D eigenvalue weighted by molar-refractivity contribution is -0.366. The van der Waals surface area contributed by atoms with Crippen LogP contribution in [0.25, 0.3) is 0 Å². The summed E-state index contributed by atoms with van der Waals surface area (Å²) in [6.07, 6.45) is -45.5. The molecule has 28 nitrogen and oxygen atoms in total. The van der Waals surface area contributed by atoms with E-state index in [1.165, 1.54) is 0 Å². The average Bonchev–Trinajstić information content (AvgIpc) is 3.21. The van der Waals surface area contributed by atoms with Gasteiger partial charge in [0.05, 0.1) is 26.4 Å². The van der Waals surface area contributed by atoms with Crippen LogP contribution in [0.2, 0.25) is 0 Å². The summed E-state index contributed by atoms with van der Waals surface area (Å²) in [7, 11) is 0. The van der Waals surface area contributed by atoms with Crippen LogP contribution < -0.4 is 5.32 Å². The molecule has 5 fully saturated rings. The number of amides is 1. The molecule has 348 valence electrons. The first-order valence-corrected chi connectivity index (χ1v) is 18.6. The second-order valence-corrected chi connectivity index (χ2v) is 14.8. The molecular formula is C32H53NO27. The van der Waals surface area contributed by atoms with E-state index in [1.807, 2.05) is 0 Å². The van der Waals surface area contributed by atoms with Crippen molar-refractivity contribution >= 4 is 11.9 Å². The molecule has 0 saturated carbocycles. The molecule has 5 aliphatic heterocycles. The molecule has 17 N–H and O–H groups in total. The molecule has 0 aromatic rings. The molecule has 1 amide bonds. The number of nitrogens with one attached hydrogen (secondary N) is 1. The van der Waals surface area contributed by atoms with Gasteiger partial charge in [-0.15, -0.1) is 0 Å². The lowest BCUT2D eigenvalue weighted by atomic mass is 9.95. The highest BCUT2D eigenvalue weighted by atomic mass is 16.8. The summed E-state index contributed by atoms with van der Waals surface area (Å²) < 4.78 is 48.9. The van der Waals surface area contributed by atoms with Gasteiger partial charge in [-0.1, -0.05) is 0 Å². The summed E-state index contributed by atoms with van der Waals surface area (Å²) in [4.78, 5) is 24.4.